The van der Waals surface area contributed by atoms with Gasteiger partial charge in [0, 0.05) is 19.1 Å². The molecule has 0 spiro atoms. The largest absolute Gasteiger partial charge is 0.338 e. The van der Waals surface area contributed by atoms with E-state index < -0.39 is 0 Å². The van der Waals surface area contributed by atoms with Gasteiger partial charge in [-0.15, -0.1) is 0 Å². The molecule has 0 heterocycles. The van der Waals surface area contributed by atoms with Crippen LogP contribution in [0, 0.1) is 0 Å². The summed E-state index contributed by atoms with van der Waals surface area (Å²) in [4.78, 5) is 14.3. The van der Waals surface area contributed by atoms with Crippen LogP contribution >= 0.6 is 0 Å². The van der Waals surface area contributed by atoms with Crippen molar-refractivity contribution in [3.05, 3.63) is 47.5 Å². The maximum absolute atomic E-state index is 12.5. The van der Waals surface area contributed by atoms with E-state index in [0.717, 1.165) is 12.0 Å². The van der Waals surface area contributed by atoms with Crippen molar-refractivity contribution in [1.82, 2.24) is 10.2 Å². The number of likely N-dealkylation sites (N-methyl/N-ethyl adjacent to an activating group) is 1. The van der Waals surface area contributed by atoms with Crippen LogP contribution in [0.4, 0.5) is 0 Å². The lowest BCUT2D eigenvalue weighted by Gasteiger charge is -2.27. The Morgan fingerprint density at radius 2 is 1.82 bits per heavy atom. The molecule has 22 heavy (non-hydrogen) atoms. The fourth-order valence-electron chi connectivity index (χ4n) is 2.53. The Morgan fingerprint density at radius 1 is 1.23 bits per heavy atom. The van der Waals surface area contributed by atoms with Gasteiger partial charge in [-0.3, -0.25) is 10.1 Å². The predicted octanol–water partition coefficient (Wildman–Crippen LogP) is 3.71. The molecule has 0 aromatic heterocycles. The van der Waals surface area contributed by atoms with Crippen LogP contribution in [0.15, 0.2) is 36.4 Å². The smallest absolute Gasteiger partial charge is 0.239 e. The van der Waals surface area contributed by atoms with E-state index in [4.69, 9.17) is 0 Å². The maximum atomic E-state index is 12.5. The minimum atomic E-state index is -0.208. The van der Waals surface area contributed by atoms with E-state index in [1.807, 2.05) is 25.7 Å². The number of hydrogen-bond donors (Lipinski definition) is 1. The highest BCUT2D eigenvalue weighted by atomic mass is 16.2. The molecule has 3 heteroatoms. The number of amides is 1. The first-order chi connectivity index (χ1) is 10.4. The van der Waals surface area contributed by atoms with Crippen LogP contribution in [0.1, 0.15) is 51.8 Å². The Morgan fingerprint density at radius 3 is 2.27 bits per heavy atom. The van der Waals surface area contributed by atoms with Crippen LogP contribution < -0.4 is 5.32 Å². The summed E-state index contributed by atoms with van der Waals surface area (Å²) in [5.41, 5.74) is 3.55. The van der Waals surface area contributed by atoms with Gasteiger partial charge in [0.05, 0.1) is 6.04 Å². The quantitative estimate of drug-likeness (QED) is 0.742. The summed E-state index contributed by atoms with van der Waals surface area (Å²) in [6.45, 7) is 15.4. The van der Waals surface area contributed by atoms with E-state index in [9.17, 15) is 4.79 Å². The standard InChI is InChI=1S/C19H30N2O/c1-7-17-9-11-18(12-10-17)15(5)20-16(6)19(22)21(8-2)13-14(3)4/h9-12,15-16,20H,3,7-8,13H2,1-2,4-6H3. The molecule has 3 nitrogen and oxygen atoms in total. The third kappa shape index (κ3) is 5.30. The highest BCUT2D eigenvalue weighted by molar-refractivity contribution is 5.81. The Hall–Kier alpha value is -1.61. The van der Waals surface area contributed by atoms with Gasteiger partial charge in [-0.25, -0.2) is 0 Å². The average molecular weight is 302 g/mol. The minimum absolute atomic E-state index is 0.127. The molecule has 2 atom stereocenters. The maximum Gasteiger partial charge on any atom is 0.239 e. The Labute approximate surface area is 135 Å². The molecule has 1 rings (SSSR count). The van der Waals surface area contributed by atoms with Gasteiger partial charge in [0.25, 0.3) is 0 Å². The number of carbonyl (C=O) groups excluding carboxylic acids is 1. The molecule has 0 saturated carbocycles. The summed E-state index contributed by atoms with van der Waals surface area (Å²) < 4.78 is 0. The predicted molar refractivity (Wildman–Crippen MR) is 93.9 cm³/mol. The first kappa shape index (κ1) is 18.4. The number of carbonyl (C=O) groups is 1. The number of hydrogen-bond acceptors (Lipinski definition) is 2. The molecule has 2 unspecified atom stereocenters. The van der Waals surface area contributed by atoms with Crippen LogP contribution in [0.2, 0.25) is 0 Å². The van der Waals surface area contributed by atoms with Gasteiger partial charge in [-0.2, -0.15) is 0 Å². The van der Waals surface area contributed by atoms with Gasteiger partial charge in [0.1, 0.15) is 0 Å². The second-order valence-electron chi connectivity index (χ2n) is 6.01. The van der Waals surface area contributed by atoms with Crippen molar-refractivity contribution in [2.45, 2.75) is 53.1 Å². The fourth-order valence-corrected chi connectivity index (χ4v) is 2.53. The van der Waals surface area contributed by atoms with E-state index in [-0.39, 0.29) is 18.0 Å². The molecule has 0 aliphatic carbocycles. The number of aryl methyl sites for hydroxylation is 1. The Bertz CT molecular complexity index is 493. The first-order valence-electron chi connectivity index (χ1n) is 8.17. The zero-order chi connectivity index (χ0) is 16.7. The summed E-state index contributed by atoms with van der Waals surface area (Å²) in [5.74, 6) is 0.127. The SMILES string of the molecule is C=C(C)CN(CC)C(=O)C(C)NC(C)c1ccc(CC)cc1. The van der Waals surface area contributed by atoms with Gasteiger partial charge < -0.3 is 4.90 Å². The van der Waals surface area contributed by atoms with Crippen LogP contribution in [0.5, 0.6) is 0 Å². The molecule has 1 N–H and O–H groups in total. The Balaban J connectivity index is 2.66. The zero-order valence-corrected chi connectivity index (χ0v) is 14.6. The lowest BCUT2D eigenvalue weighted by molar-refractivity contribution is -0.132. The topological polar surface area (TPSA) is 32.3 Å². The van der Waals surface area contributed by atoms with Crippen molar-refractivity contribution in [1.29, 1.82) is 0 Å². The minimum Gasteiger partial charge on any atom is -0.338 e. The van der Waals surface area contributed by atoms with Gasteiger partial charge in [-0.1, -0.05) is 43.3 Å². The van der Waals surface area contributed by atoms with Crippen LogP contribution in [-0.2, 0) is 11.2 Å². The number of rotatable bonds is 8. The van der Waals surface area contributed by atoms with Gasteiger partial charge >= 0.3 is 0 Å². The molecule has 0 bridgehead atoms. The molecule has 0 radical (unpaired) electrons. The van der Waals surface area contributed by atoms with Crippen molar-refractivity contribution in [3.8, 4) is 0 Å². The lowest BCUT2D eigenvalue weighted by Crippen LogP contribution is -2.46. The van der Waals surface area contributed by atoms with Crippen LogP contribution in [0.3, 0.4) is 0 Å². The van der Waals surface area contributed by atoms with E-state index in [1.165, 1.54) is 11.1 Å². The van der Waals surface area contributed by atoms with Gasteiger partial charge in [-0.05, 0) is 45.2 Å². The van der Waals surface area contributed by atoms with Crippen molar-refractivity contribution in [2.24, 2.45) is 0 Å². The highest BCUT2D eigenvalue weighted by Gasteiger charge is 2.21. The summed E-state index contributed by atoms with van der Waals surface area (Å²) in [6.07, 6.45) is 1.04. The van der Waals surface area contributed by atoms with E-state index in [1.54, 1.807) is 0 Å². The molecule has 1 aromatic carbocycles. The molecule has 1 aromatic rings. The van der Waals surface area contributed by atoms with Crippen LogP contribution in [-0.4, -0.2) is 29.9 Å². The monoisotopic (exact) mass is 302 g/mol. The van der Waals surface area contributed by atoms with E-state index >= 15 is 0 Å². The van der Waals surface area contributed by atoms with Crippen molar-refractivity contribution in [3.63, 3.8) is 0 Å². The summed E-state index contributed by atoms with van der Waals surface area (Å²) >= 11 is 0. The fraction of sp³-hybridized carbons (Fsp3) is 0.526. The third-order valence-corrected chi connectivity index (χ3v) is 3.91. The number of benzene rings is 1. The zero-order valence-electron chi connectivity index (χ0n) is 14.6. The third-order valence-electron chi connectivity index (χ3n) is 3.91. The second kappa shape index (κ2) is 8.74. The molecule has 0 aliphatic rings. The molecule has 0 fully saturated rings. The van der Waals surface area contributed by atoms with Gasteiger partial charge in [0.15, 0.2) is 0 Å². The van der Waals surface area contributed by atoms with E-state index in [0.29, 0.717) is 13.1 Å². The highest BCUT2D eigenvalue weighted by Crippen LogP contribution is 2.15. The summed E-state index contributed by atoms with van der Waals surface area (Å²) in [7, 11) is 0. The van der Waals surface area contributed by atoms with Crippen molar-refractivity contribution < 1.29 is 4.79 Å². The first-order valence-corrected chi connectivity index (χ1v) is 8.17. The molecule has 1 amide bonds. The second-order valence-corrected chi connectivity index (χ2v) is 6.01. The molecular formula is C19H30N2O. The average Bonchev–Trinajstić information content (AvgIpc) is 2.51. The van der Waals surface area contributed by atoms with Crippen molar-refractivity contribution in [2.75, 3.05) is 13.1 Å². The summed E-state index contributed by atoms with van der Waals surface area (Å²) in [6, 6.07) is 8.52. The molecule has 0 aliphatic heterocycles. The van der Waals surface area contributed by atoms with E-state index in [2.05, 4.69) is 50.0 Å². The molecular weight excluding hydrogens is 272 g/mol. The summed E-state index contributed by atoms with van der Waals surface area (Å²) in [5, 5.41) is 3.40. The number of nitrogens with zero attached hydrogens (tertiary/aromatic N) is 1. The normalized spacial score (nSPS) is 13.5. The van der Waals surface area contributed by atoms with Crippen LogP contribution in [0.25, 0.3) is 0 Å². The van der Waals surface area contributed by atoms with Crippen molar-refractivity contribution >= 4 is 5.91 Å². The molecule has 122 valence electrons. The number of nitrogens with one attached hydrogen (secondary N) is 1. The lowest BCUT2D eigenvalue weighted by atomic mass is 10.0. The van der Waals surface area contributed by atoms with Gasteiger partial charge in [0.2, 0.25) is 5.91 Å². The Kier molecular flexibility index (Phi) is 7.33. The molecule has 0 saturated heterocycles.